The van der Waals surface area contributed by atoms with E-state index < -0.39 is 6.67 Å². The Labute approximate surface area is 69.6 Å². The fourth-order valence-corrected chi connectivity index (χ4v) is 1.62. The second-order valence-corrected chi connectivity index (χ2v) is 3.61. The average Bonchev–Trinajstić information content (AvgIpc) is 2.30. The van der Waals surface area contributed by atoms with Gasteiger partial charge in [-0.15, -0.1) is 0 Å². The Balaban J connectivity index is 3.17. The summed E-state index contributed by atoms with van der Waals surface area (Å²) >= 11 is 4.17. The summed E-state index contributed by atoms with van der Waals surface area (Å²) < 4.78 is 16.3. The Kier molecular flexibility index (Phi) is 2.35. The van der Waals surface area contributed by atoms with Gasteiger partial charge in [-0.25, -0.2) is 4.39 Å². The van der Waals surface area contributed by atoms with Crippen molar-refractivity contribution in [3.63, 3.8) is 0 Å². The van der Waals surface area contributed by atoms with Crippen LogP contribution in [0.5, 0.6) is 0 Å². The highest BCUT2D eigenvalue weighted by molar-refractivity contribution is 9.11. The zero-order valence-corrected chi connectivity index (χ0v) is 7.17. The first-order chi connectivity index (χ1) is 4.79. The van der Waals surface area contributed by atoms with Gasteiger partial charge in [-0.1, -0.05) is 0 Å². The lowest BCUT2D eigenvalue weighted by Crippen LogP contribution is -1.81. The van der Waals surface area contributed by atoms with Gasteiger partial charge < -0.3 is 0 Å². The lowest BCUT2D eigenvalue weighted by molar-refractivity contribution is 0.478. The molecule has 0 bridgehead atoms. The van der Waals surface area contributed by atoms with Crippen LogP contribution in [0.15, 0.2) is 3.79 Å². The molecule has 0 unspecified atom stereocenters. The lowest BCUT2D eigenvalue weighted by Gasteiger charge is -1.83. The molecule has 0 amide bonds. The van der Waals surface area contributed by atoms with Crippen LogP contribution in [0.25, 0.3) is 0 Å². The van der Waals surface area contributed by atoms with E-state index in [1.54, 1.807) is 0 Å². The number of alkyl halides is 1. The van der Waals surface area contributed by atoms with Crippen molar-refractivity contribution in [2.75, 3.05) is 0 Å². The van der Waals surface area contributed by atoms with E-state index >= 15 is 0 Å². The maximum absolute atomic E-state index is 12.0. The molecular formula is C5H2BrFN2S. The van der Waals surface area contributed by atoms with Gasteiger partial charge in [-0.05, 0) is 27.5 Å². The third kappa shape index (κ3) is 1.18. The molecule has 52 valence electrons. The summed E-state index contributed by atoms with van der Waals surface area (Å²) in [5, 5.41) is 8.44. The van der Waals surface area contributed by atoms with Gasteiger partial charge in [0, 0.05) is 0 Å². The summed E-state index contributed by atoms with van der Waals surface area (Å²) in [5.41, 5.74) is 0.534. The van der Waals surface area contributed by atoms with E-state index in [1.165, 1.54) is 0 Å². The van der Waals surface area contributed by atoms with E-state index in [2.05, 4.69) is 20.3 Å². The van der Waals surface area contributed by atoms with Gasteiger partial charge in [0.2, 0.25) is 0 Å². The van der Waals surface area contributed by atoms with E-state index in [0.717, 1.165) is 11.5 Å². The Morgan fingerprint density at radius 2 is 2.50 bits per heavy atom. The minimum absolute atomic E-state index is 0.222. The largest absolute Gasteiger partial charge is 0.244 e. The van der Waals surface area contributed by atoms with Crippen molar-refractivity contribution in [1.29, 1.82) is 5.26 Å². The molecule has 0 N–H and O–H groups in total. The van der Waals surface area contributed by atoms with E-state index in [1.807, 2.05) is 6.07 Å². The molecular weight excluding hydrogens is 219 g/mol. The summed E-state index contributed by atoms with van der Waals surface area (Å²) in [7, 11) is 0. The van der Waals surface area contributed by atoms with Crippen molar-refractivity contribution in [3.05, 3.63) is 15.0 Å². The fourth-order valence-electron chi connectivity index (χ4n) is 0.500. The number of halogens is 2. The van der Waals surface area contributed by atoms with E-state index in [9.17, 15) is 4.39 Å². The number of nitriles is 1. The van der Waals surface area contributed by atoms with Crippen LogP contribution >= 0.6 is 27.5 Å². The van der Waals surface area contributed by atoms with Crippen molar-refractivity contribution in [3.8, 4) is 6.07 Å². The highest BCUT2D eigenvalue weighted by Gasteiger charge is 2.09. The first-order valence-electron chi connectivity index (χ1n) is 2.39. The van der Waals surface area contributed by atoms with Gasteiger partial charge >= 0.3 is 0 Å². The van der Waals surface area contributed by atoms with Gasteiger partial charge in [-0.2, -0.15) is 9.64 Å². The first-order valence-corrected chi connectivity index (χ1v) is 3.96. The zero-order valence-electron chi connectivity index (χ0n) is 4.77. The molecule has 0 aliphatic carbocycles. The number of hydrogen-bond donors (Lipinski definition) is 0. The molecule has 5 heteroatoms. The molecule has 0 fully saturated rings. The predicted molar refractivity (Wildman–Crippen MR) is 39.3 cm³/mol. The van der Waals surface area contributed by atoms with E-state index in [-0.39, 0.29) is 5.69 Å². The van der Waals surface area contributed by atoms with Gasteiger partial charge in [0.1, 0.15) is 27.8 Å². The summed E-state index contributed by atoms with van der Waals surface area (Å²) in [4.78, 5) is 0. The second-order valence-electron chi connectivity index (χ2n) is 1.52. The van der Waals surface area contributed by atoms with Gasteiger partial charge in [-0.3, -0.25) is 0 Å². The van der Waals surface area contributed by atoms with Crippen LogP contribution in [0.4, 0.5) is 4.39 Å². The van der Waals surface area contributed by atoms with Crippen molar-refractivity contribution in [1.82, 2.24) is 4.37 Å². The quantitative estimate of drug-likeness (QED) is 0.729. The monoisotopic (exact) mass is 220 g/mol. The SMILES string of the molecule is N#Cc1c(CF)nsc1Br. The van der Waals surface area contributed by atoms with Gasteiger partial charge in [0.15, 0.2) is 0 Å². The van der Waals surface area contributed by atoms with Crippen LogP contribution in [-0.4, -0.2) is 4.37 Å². The predicted octanol–water partition coefficient (Wildman–Crippen LogP) is 2.25. The molecule has 0 saturated heterocycles. The van der Waals surface area contributed by atoms with Crippen molar-refractivity contribution < 1.29 is 4.39 Å². The normalized spacial score (nSPS) is 9.30. The number of nitrogens with zero attached hydrogens (tertiary/aromatic N) is 2. The fraction of sp³-hybridized carbons (Fsp3) is 0.200. The highest BCUT2D eigenvalue weighted by atomic mass is 79.9. The second kappa shape index (κ2) is 3.08. The standard InChI is InChI=1S/C5H2BrFN2S/c6-5-3(2-8)4(1-7)9-10-5/h1H2. The topological polar surface area (TPSA) is 36.7 Å². The number of rotatable bonds is 1. The summed E-state index contributed by atoms with van der Waals surface area (Å²) in [6.07, 6.45) is 0. The summed E-state index contributed by atoms with van der Waals surface area (Å²) in [5.74, 6) is 0. The Bertz CT molecular complexity index is 278. The summed E-state index contributed by atoms with van der Waals surface area (Å²) in [6, 6.07) is 1.86. The minimum atomic E-state index is -0.676. The molecule has 0 aliphatic rings. The van der Waals surface area contributed by atoms with Crippen molar-refractivity contribution >= 4 is 27.5 Å². The Morgan fingerprint density at radius 3 is 2.90 bits per heavy atom. The Hall–Kier alpha value is -0.470. The maximum atomic E-state index is 12.0. The average molecular weight is 221 g/mol. The molecule has 0 spiro atoms. The van der Waals surface area contributed by atoms with Gasteiger partial charge in [0.05, 0.1) is 0 Å². The van der Waals surface area contributed by atoms with Crippen LogP contribution < -0.4 is 0 Å². The van der Waals surface area contributed by atoms with E-state index in [0.29, 0.717) is 9.35 Å². The lowest BCUT2D eigenvalue weighted by atomic mass is 10.3. The molecule has 0 aromatic carbocycles. The molecule has 1 heterocycles. The van der Waals surface area contributed by atoms with Crippen molar-refractivity contribution in [2.45, 2.75) is 6.67 Å². The van der Waals surface area contributed by atoms with Crippen LogP contribution in [0.2, 0.25) is 0 Å². The van der Waals surface area contributed by atoms with Crippen LogP contribution in [0, 0.1) is 11.3 Å². The van der Waals surface area contributed by atoms with Gasteiger partial charge in [0.25, 0.3) is 0 Å². The molecule has 1 aromatic rings. The van der Waals surface area contributed by atoms with Crippen LogP contribution in [0.3, 0.4) is 0 Å². The Morgan fingerprint density at radius 1 is 1.80 bits per heavy atom. The highest BCUT2D eigenvalue weighted by Crippen LogP contribution is 2.24. The molecule has 1 rings (SSSR count). The maximum Gasteiger partial charge on any atom is 0.134 e. The summed E-state index contributed by atoms with van der Waals surface area (Å²) in [6.45, 7) is -0.676. The first kappa shape index (κ1) is 7.63. The zero-order chi connectivity index (χ0) is 7.56. The molecule has 10 heavy (non-hydrogen) atoms. The third-order valence-electron chi connectivity index (χ3n) is 0.959. The van der Waals surface area contributed by atoms with Crippen LogP contribution in [0.1, 0.15) is 11.3 Å². The number of aromatic nitrogens is 1. The smallest absolute Gasteiger partial charge is 0.134 e. The molecule has 0 radical (unpaired) electrons. The molecule has 0 atom stereocenters. The third-order valence-corrected chi connectivity index (χ3v) is 2.47. The molecule has 2 nitrogen and oxygen atoms in total. The number of hydrogen-bond acceptors (Lipinski definition) is 3. The molecule has 0 saturated carbocycles. The molecule has 0 aliphatic heterocycles. The van der Waals surface area contributed by atoms with Crippen molar-refractivity contribution in [2.24, 2.45) is 0 Å². The van der Waals surface area contributed by atoms with E-state index in [4.69, 9.17) is 5.26 Å². The minimum Gasteiger partial charge on any atom is -0.244 e. The van der Waals surface area contributed by atoms with Crippen LogP contribution in [-0.2, 0) is 6.67 Å². The molecule has 1 aromatic heterocycles.